The highest BCUT2D eigenvalue weighted by atomic mass is 19.4. The molecule has 1 aliphatic heterocycles. The van der Waals surface area contributed by atoms with E-state index in [0.717, 1.165) is 23.2 Å². The second-order valence-electron chi connectivity index (χ2n) is 6.79. The zero-order chi connectivity index (χ0) is 21.6. The zero-order valence-electron chi connectivity index (χ0n) is 16.6. The van der Waals surface area contributed by atoms with Gasteiger partial charge in [0, 0.05) is 35.8 Å². The highest BCUT2D eigenvalue weighted by molar-refractivity contribution is 5.81. The average Bonchev–Trinajstić information content (AvgIpc) is 3.04. The van der Waals surface area contributed by atoms with Gasteiger partial charge in [-0.2, -0.15) is 13.2 Å². The molecule has 1 aliphatic rings. The second-order valence-corrected chi connectivity index (χ2v) is 6.79. The van der Waals surface area contributed by atoms with Crippen molar-refractivity contribution in [1.82, 2.24) is 15.2 Å². The first kappa shape index (κ1) is 22.4. The average molecular weight is 407 g/mol. The molecule has 2 heterocycles. The highest BCUT2D eigenvalue weighted by Gasteiger charge is 2.31. The van der Waals surface area contributed by atoms with Gasteiger partial charge in [-0.1, -0.05) is 13.0 Å². The Morgan fingerprint density at radius 3 is 2.69 bits per heavy atom. The zero-order valence-corrected chi connectivity index (χ0v) is 16.6. The molecule has 29 heavy (non-hydrogen) atoms. The highest BCUT2D eigenvalue weighted by Crippen LogP contribution is 2.37. The van der Waals surface area contributed by atoms with Crippen LogP contribution in [0.2, 0.25) is 0 Å². The summed E-state index contributed by atoms with van der Waals surface area (Å²) >= 11 is 0. The van der Waals surface area contributed by atoms with E-state index in [1.807, 2.05) is 30.9 Å². The summed E-state index contributed by atoms with van der Waals surface area (Å²) in [5.74, 6) is 0. The van der Waals surface area contributed by atoms with E-state index in [-0.39, 0.29) is 6.04 Å². The quantitative estimate of drug-likeness (QED) is 0.401. The van der Waals surface area contributed by atoms with Crippen LogP contribution in [0, 0.1) is 0 Å². The minimum atomic E-state index is -4.35. The number of nitrogens with one attached hydrogen (secondary N) is 1. The van der Waals surface area contributed by atoms with Crippen LogP contribution in [-0.4, -0.2) is 41.2 Å². The summed E-state index contributed by atoms with van der Waals surface area (Å²) in [6.45, 7) is 4.64. The van der Waals surface area contributed by atoms with Crippen molar-refractivity contribution in [3.05, 3.63) is 58.6 Å². The molecule has 0 spiro atoms. The Labute approximate surface area is 168 Å². The number of halogens is 3. The monoisotopic (exact) mass is 407 g/mol. The topological polar surface area (TPSA) is 62.3 Å². The van der Waals surface area contributed by atoms with Crippen LogP contribution in [0.25, 0.3) is 5.70 Å². The predicted molar refractivity (Wildman–Crippen MR) is 105 cm³/mol. The van der Waals surface area contributed by atoms with Crippen molar-refractivity contribution in [2.24, 2.45) is 0 Å². The second kappa shape index (κ2) is 9.54. The Morgan fingerprint density at radius 2 is 2.10 bits per heavy atom. The molecule has 0 bridgehead atoms. The normalized spacial score (nSPS) is 17.3. The van der Waals surface area contributed by atoms with Gasteiger partial charge in [0.15, 0.2) is 6.29 Å². The van der Waals surface area contributed by atoms with E-state index in [2.05, 4.69) is 10.3 Å². The van der Waals surface area contributed by atoms with E-state index in [9.17, 15) is 22.8 Å². The molecule has 0 saturated carbocycles. The molecule has 1 N–H and O–H groups in total. The summed E-state index contributed by atoms with van der Waals surface area (Å²) in [4.78, 5) is 28.6. The van der Waals surface area contributed by atoms with Gasteiger partial charge in [0.25, 0.3) is 0 Å². The third-order valence-corrected chi connectivity index (χ3v) is 4.61. The van der Waals surface area contributed by atoms with Crippen LogP contribution in [-0.2, 0) is 11.3 Å². The van der Waals surface area contributed by atoms with Crippen molar-refractivity contribution in [2.75, 3.05) is 6.54 Å². The number of aldehydes is 2. The number of fused-ring (bicyclic) bond motifs is 1. The molecule has 2 rings (SSSR count). The third kappa shape index (κ3) is 5.56. The standard InChI is InChI=1S/C21H24F3N3O2/c1-4-5-20-17-6-7-26-19(12-29)18(17)10-27(20)15(3)16(8-14(2)11-28)9-25-13-21(22,23)24/h5-9,11-12,15,25H,4,10,13H2,1-3H3/b14-8?,16-9?,20-5-. The van der Waals surface area contributed by atoms with E-state index in [1.165, 1.54) is 6.20 Å². The predicted octanol–water partition coefficient (Wildman–Crippen LogP) is 4.03. The molecule has 1 aromatic heterocycles. The van der Waals surface area contributed by atoms with Gasteiger partial charge in [0.1, 0.15) is 18.5 Å². The molecule has 1 unspecified atom stereocenters. The number of allylic oxidation sites excluding steroid dienone is 2. The Balaban J connectivity index is 2.42. The fraction of sp³-hybridized carbons (Fsp3) is 0.381. The number of carbonyl (C=O) groups excluding carboxylic acids is 2. The number of hydrogen-bond donors (Lipinski definition) is 1. The smallest absolute Gasteiger partial charge is 0.382 e. The molecule has 5 nitrogen and oxygen atoms in total. The van der Waals surface area contributed by atoms with Crippen LogP contribution in [0.1, 0.15) is 48.8 Å². The Morgan fingerprint density at radius 1 is 1.38 bits per heavy atom. The lowest BCUT2D eigenvalue weighted by atomic mass is 10.0. The van der Waals surface area contributed by atoms with Gasteiger partial charge in [-0.05, 0) is 43.6 Å². The van der Waals surface area contributed by atoms with Crippen molar-refractivity contribution in [3.8, 4) is 0 Å². The number of rotatable bonds is 8. The van der Waals surface area contributed by atoms with Gasteiger partial charge >= 0.3 is 6.18 Å². The minimum Gasteiger partial charge on any atom is -0.382 e. The molecule has 0 aromatic carbocycles. The molecule has 0 fully saturated rings. The Bertz CT molecular complexity index is 857. The van der Waals surface area contributed by atoms with Crippen LogP contribution in [0.4, 0.5) is 13.2 Å². The van der Waals surface area contributed by atoms with Gasteiger partial charge in [-0.3, -0.25) is 14.6 Å². The molecule has 1 atom stereocenters. The van der Waals surface area contributed by atoms with Gasteiger partial charge in [-0.25, -0.2) is 0 Å². The van der Waals surface area contributed by atoms with E-state index in [4.69, 9.17) is 0 Å². The summed E-state index contributed by atoms with van der Waals surface area (Å²) in [6.07, 6.45) is 4.17. The molecular weight excluding hydrogens is 383 g/mol. The maximum Gasteiger partial charge on any atom is 0.405 e. The number of nitrogens with zero attached hydrogens (tertiary/aromatic N) is 2. The number of alkyl halides is 3. The number of carbonyl (C=O) groups is 2. The van der Waals surface area contributed by atoms with Crippen molar-refractivity contribution >= 4 is 18.3 Å². The first-order valence-electron chi connectivity index (χ1n) is 9.25. The number of aromatic nitrogens is 1. The molecule has 0 radical (unpaired) electrons. The van der Waals surface area contributed by atoms with Gasteiger partial charge < -0.3 is 10.2 Å². The largest absolute Gasteiger partial charge is 0.405 e. The van der Waals surface area contributed by atoms with Crippen molar-refractivity contribution in [1.29, 1.82) is 0 Å². The van der Waals surface area contributed by atoms with Gasteiger partial charge in [0.2, 0.25) is 0 Å². The summed E-state index contributed by atoms with van der Waals surface area (Å²) in [5, 5.41) is 2.29. The van der Waals surface area contributed by atoms with Crippen molar-refractivity contribution in [3.63, 3.8) is 0 Å². The fourth-order valence-corrected chi connectivity index (χ4v) is 3.24. The molecule has 156 valence electrons. The summed E-state index contributed by atoms with van der Waals surface area (Å²) in [7, 11) is 0. The molecule has 0 saturated heterocycles. The van der Waals surface area contributed by atoms with Crippen LogP contribution in [0.3, 0.4) is 0 Å². The maximum atomic E-state index is 12.5. The van der Waals surface area contributed by atoms with E-state index >= 15 is 0 Å². The van der Waals surface area contributed by atoms with Crippen LogP contribution >= 0.6 is 0 Å². The van der Waals surface area contributed by atoms with Crippen molar-refractivity contribution in [2.45, 2.75) is 46.0 Å². The van der Waals surface area contributed by atoms with Crippen LogP contribution in [0.15, 0.2) is 41.8 Å². The SMILES string of the molecule is CC/C=C1/c2ccnc(C=O)c2CN1C(C)C(C=C(C)C=O)=CNCC(F)(F)F. The molecule has 0 amide bonds. The lowest BCUT2D eigenvalue weighted by molar-refractivity contribution is -0.122. The Hall–Kier alpha value is -2.90. The maximum absolute atomic E-state index is 12.5. The summed E-state index contributed by atoms with van der Waals surface area (Å²) in [6, 6.07) is 1.48. The molecular formula is C21H24F3N3O2. The molecule has 8 heteroatoms. The van der Waals surface area contributed by atoms with Crippen LogP contribution < -0.4 is 5.32 Å². The lowest BCUT2D eigenvalue weighted by Crippen LogP contribution is -2.31. The number of hydrogen-bond acceptors (Lipinski definition) is 5. The minimum absolute atomic E-state index is 0.347. The molecule has 1 aromatic rings. The van der Waals surface area contributed by atoms with Gasteiger partial charge in [-0.15, -0.1) is 0 Å². The van der Waals surface area contributed by atoms with E-state index in [1.54, 1.807) is 19.2 Å². The summed E-state index contributed by atoms with van der Waals surface area (Å²) < 4.78 is 37.6. The van der Waals surface area contributed by atoms with Gasteiger partial charge in [0.05, 0.1) is 6.04 Å². The first-order chi connectivity index (χ1) is 13.7. The van der Waals surface area contributed by atoms with E-state index in [0.29, 0.717) is 36.0 Å². The van der Waals surface area contributed by atoms with E-state index < -0.39 is 12.7 Å². The third-order valence-electron chi connectivity index (χ3n) is 4.61. The Kier molecular flexibility index (Phi) is 7.36. The van der Waals surface area contributed by atoms with Crippen LogP contribution in [0.5, 0.6) is 0 Å². The summed E-state index contributed by atoms with van der Waals surface area (Å²) in [5.41, 5.74) is 3.82. The fourth-order valence-electron chi connectivity index (χ4n) is 3.24. The first-order valence-corrected chi connectivity index (χ1v) is 9.25. The molecule has 0 aliphatic carbocycles. The number of pyridine rings is 1. The van der Waals surface area contributed by atoms with Crippen molar-refractivity contribution < 1.29 is 22.8 Å². The lowest BCUT2D eigenvalue weighted by Gasteiger charge is -2.29.